The van der Waals surface area contributed by atoms with Crippen LogP contribution in [0.4, 0.5) is 0 Å². The molecule has 0 aliphatic carbocycles. The van der Waals surface area contributed by atoms with E-state index in [1.807, 2.05) is 0 Å². The van der Waals surface area contributed by atoms with Crippen LogP contribution in [0, 0.1) is 0 Å². The van der Waals surface area contributed by atoms with Crippen LogP contribution in [0.25, 0.3) is 0 Å². The van der Waals surface area contributed by atoms with Crippen LogP contribution in [0.5, 0.6) is 0 Å². The maximum atomic E-state index is 2.12. The molecule has 0 atom stereocenters. The van der Waals surface area contributed by atoms with Gasteiger partial charge < -0.3 is 11.0 Å². The Morgan fingerprint density at radius 3 is 0.750 bits per heavy atom. The van der Waals surface area contributed by atoms with E-state index < -0.39 is 0 Å². The van der Waals surface area contributed by atoms with Gasteiger partial charge in [-0.15, -0.1) is 0 Å². The molecule has 0 aromatic carbocycles. The van der Waals surface area contributed by atoms with Gasteiger partial charge in [0.05, 0.1) is 0 Å². The molecule has 0 fully saturated rings. The SMILES string of the molecule is II.O.O. The van der Waals surface area contributed by atoms with Crippen LogP contribution in [-0.4, -0.2) is 11.0 Å². The maximum Gasteiger partial charge on any atom is 0 e. The first-order valence-electron chi connectivity index (χ1n) is 0.143. The topological polar surface area (TPSA) is 63.0 Å². The van der Waals surface area contributed by atoms with E-state index in [4.69, 9.17) is 0 Å². The summed E-state index contributed by atoms with van der Waals surface area (Å²) < 4.78 is 0. The van der Waals surface area contributed by atoms with Crippen molar-refractivity contribution >= 4 is 37.2 Å². The summed E-state index contributed by atoms with van der Waals surface area (Å²) in [6.45, 7) is 0. The Hall–Kier alpha value is 1.38. The van der Waals surface area contributed by atoms with E-state index in [1.165, 1.54) is 0 Å². The summed E-state index contributed by atoms with van der Waals surface area (Å²) in [4.78, 5) is 0. The van der Waals surface area contributed by atoms with Crippen LogP contribution >= 0.6 is 37.2 Å². The average molecular weight is 290 g/mol. The highest BCUT2D eigenvalue weighted by molar-refractivity contribution is 15.0. The summed E-state index contributed by atoms with van der Waals surface area (Å²) in [5.41, 5.74) is 0. The van der Waals surface area contributed by atoms with Crippen molar-refractivity contribution in [2.45, 2.75) is 0 Å². The van der Waals surface area contributed by atoms with Crippen molar-refractivity contribution in [2.75, 3.05) is 0 Å². The van der Waals surface area contributed by atoms with Crippen LogP contribution in [0.2, 0.25) is 0 Å². The normalized spacial score (nSPS) is 1.50. The van der Waals surface area contributed by atoms with Crippen molar-refractivity contribution in [2.24, 2.45) is 0 Å². The molecule has 0 aromatic heterocycles. The van der Waals surface area contributed by atoms with Gasteiger partial charge in [-0.25, -0.2) is 0 Å². The van der Waals surface area contributed by atoms with Crippen molar-refractivity contribution in [1.82, 2.24) is 0 Å². The Bertz CT molecular complexity index is 4.00. The zero-order chi connectivity index (χ0) is 2.00. The fraction of sp³-hybridized carbons (Fsp3) is 0. The summed E-state index contributed by atoms with van der Waals surface area (Å²) in [5, 5.41) is 0. The first-order valence-corrected chi connectivity index (χ1v) is 6.43. The largest absolute Gasteiger partial charge is 0.412 e. The van der Waals surface area contributed by atoms with Crippen LogP contribution in [-0.2, 0) is 0 Å². The Morgan fingerprint density at radius 2 is 0.750 bits per heavy atom. The van der Waals surface area contributed by atoms with Gasteiger partial charge in [0.25, 0.3) is 0 Å². The van der Waals surface area contributed by atoms with Crippen LogP contribution in [0.15, 0.2) is 0 Å². The lowest BCUT2D eigenvalue weighted by molar-refractivity contribution is 0.823. The predicted octanol–water partition coefficient (Wildman–Crippen LogP) is 0.122. The second-order valence-corrected chi connectivity index (χ2v) is 0. The molecule has 0 aliphatic rings. The van der Waals surface area contributed by atoms with Crippen LogP contribution < -0.4 is 0 Å². The minimum absolute atomic E-state index is 0. The van der Waals surface area contributed by atoms with Crippen LogP contribution in [0.1, 0.15) is 0 Å². The molecule has 4 N–H and O–H groups in total. The standard InChI is InChI=1S/I2.2H2O/c1-2;;/h;2*1H2. The van der Waals surface area contributed by atoms with Gasteiger partial charge in [-0.1, -0.05) is 0 Å². The van der Waals surface area contributed by atoms with Gasteiger partial charge in [-0.3, -0.25) is 0 Å². The third kappa shape index (κ3) is 10.1. The molecule has 2 nitrogen and oxygen atoms in total. The molecule has 0 aromatic rings. The molecule has 0 unspecified atom stereocenters. The number of hydrogen-bond donors (Lipinski definition) is 0. The van der Waals surface area contributed by atoms with Gasteiger partial charge in [-0.05, 0) is 0 Å². The minimum Gasteiger partial charge on any atom is -0.412 e. The van der Waals surface area contributed by atoms with E-state index in [2.05, 4.69) is 37.2 Å². The average Bonchev–Trinajstić information content (AvgIpc) is 1.00. The molecule has 0 bridgehead atoms. The van der Waals surface area contributed by atoms with Gasteiger partial charge in [0.15, 0.2) is 0 Å². The summed E-state index contributed by atoms with van der Waals surface area (Å²) in [7, 11) is 0. The first kappa shape index (κ1) is 18.2. The highest BCUT2D eigenvalue weighted by Gasteiger charge is 1.00. The third-order valence-electron chi connectivity index (χ3n) is 0. The summed E-state index contributed by atoms with van der Waals surface area (Å²) in [6, 6.07) is 0. The second-order valence-electron chi connectivity index (χ2n) is 0. The van der Waals surface area contributed by atoms with Crippen molar-refractivity contribution in [3.05, 3.63) is 0 Å². The van der Waals surface area contributed by atoms with E-state index in [0.29, 0.717) is 0 Å². The highest BCUT2D eigenvalue weighted by Crippen LogP contribution is 1.89. The van der Waals surface area contributed by atoms with Gasteiger partial charge in [-0.2, -0.15) is 0 Å². The Balaban J connectivity index is -0.00000000500. The zero-order valence-electron chi connectivity index (χ0n) is 1.76. The lowest BCUT2D eigenvalue weighted by Gasteiger charge is -1.000. The minimum atomic E-state index is 0. The van der Waals surface area contributed by atoms with Crippen molar-refractivity contribution in [3.63, 3.8) is 0 Å². The third-order valence-corrected chi connectivity index (χ3v) is 0. The van der Waals surface area contributed by atoms with E-state index in [-0.39, 0.29) is 11.0 Å². The number of rotatable bonds is 0. The molecule has 0 spiro atoms. The molecule has 4 heteroatoms. The summed E-state index contributed by atoms with van der Waals surface area (Å²) in [6.07, 6.45) is 0. The highest BCUT2D eigenvalue weighted by atomic mass is 128. The molecular formula is H4I2O2. The predicted molar refractivity (Wildman–Crippen MR) is 35.3 cm³/mol. The smallest absolute Gasteiger partial charge is 0 e. The first-order chi connectivity index (χ1) is 1.00. The monoisotopic (exact) mass is 290 g/mol. The van der Waals surface area contributed by atoms with Gasteiger partial charge in [0.2, 0.25) is 0 Å². The molecule has 0 saturated carbocycles. The van der Waals surface area contributed by atoms with Crippen molar-refractivity contribution < 1.29 is 11.0 Å². The molecule has 0 amide bonds. The van der Waals surface area contributed by atoms with E-state index in [9.17, 15) is 0 Å². The second kappa shape index (κ2) is 26.3. The molecule has 0 radical (unpaired) electrons. The molecule has 0 rings (SSSR count). The summed E-state index contributed by atoms with van der Waals surface area (Å²) in [5.74, 6) is 0. The van der Waals surface area contributed by atoms with Crippen molar-refractivity contribution in [3.8, 4) is 0 Å². The van der Waals surface area contributed by atoms with Gasteiger partial charge >= 0.3 is 0 Å². The lowest BCUT2D eigenvalue weighted by atomic mass is 16.0. The van der Waals surface area contributed by atoms with Gasteiger partial charge in [0, 0.05) is 37.2 Å². The molecular weight excluding hydrogens is 286 g/mol. The number of halogens is 2. The summed E-state index contributed by atoms with van der Waals surface area (Å²) >= 11 is 4.24. The number of hydrogen-bond acceptors (Lipinski definition) is 0. The molecule has 0 aliphatic heterocycles. The maximum absolute atomic E-state index is 2.12. The van der Waals surface area contributed by atoms with E-state index in [0.717, 1.165) is 0 Å². The molecule has 30 valence electrons. The molecule has 0 heterocycles. The fourth-order valence-corrected chi connectivity index (χ4v) is 0. The quantitative estimate of drug-likeness (QED) is 0.569. The lowest BCUT2D eigenvalue weighted by Crippen LogP contribution is -0.290. The van der Waals surface area contributed by atoms with E-state index >= 15 is 0 Å². The molecule has 4 heavy (non-hydrogen) atoms. The molecule has 0 saturated heterocycles. The Morgan fingerprint density at radius 1 is 0.750 bits per heavy atom. The zero-order valence-corrected chi connectivity index (χ0v) is 6.07. The Labute approximate surface area is 47.9 Å². The van der Waals surface area contributed by atoms with Gasteiger partial charge in [0.1, 0.15) is 0 Å². The van der Waals surface area contributed by atoms with Crippen molar-refractivity contribution in [1.29, 1.82) is 0 Å². The Kier molecular flexibility index (Phi) is 120. The van der Waals surface area contributed by atoms with E-state index in [1.54, 1.807) is 0 Å². The fourth-order valence-electron chi connectivity index (χ4n) is 0. The van der Waals surface area contributed by atoms with Crippen LogP contribution in [0.3, 0.4) is 0 Å².